The Hall–Kier alpha value is -3.33. The average molecular weight is 494 g/mol. The largest absolute Gasteiger partial charge is 0.504 e. The topological polar surface area (TPSA) is 102 Å². The van der Waals surface area contributed by atoms with Gasteiger partial charge in [-0.05, 0) is 44.9 Å². The fourth-order valence-electron chi connectivity index (χ4n) is 4.22. The van der Waals surface area contributed by atoms with Gasteiger partial charge in [-0.3, -0.25) is 9.36 Å². The third-order valence-electron chi connectivity index (χ3n) is 6.19. The molecule has 8 nitrogen and oxygen atoms in total. The van der Waals surface area contributed by atoms with Gasteiger partial charge in [-0.25, -0.2) is 5.43 Å². The van der Waals surface area contributed by atoms with Gasteiger partial charge in [-0.2, -0.15) is 5.10 Å². The number of phenolic OH excluding ortho intramolecular Hbond substituents is 1. The standard InChI is InChI=1S/C26H31N5O3S/c1-17-9-11-19(12-10-17)25-29-30-26(31(25)21-7-5-4-6-8-21)35-16-24(33)28-27-18(2)20-13-14-22(32)23(15-20)34-3/h9-15,21,32H,4-8,16H2,1-3H3,(H,28,33)/b27-18-. The molecule has 0 aliphatic heterocycles. The highest BCUT2D eigenvalue weighted by Gasteiger charge is 2.24. The van der Waals surface area contributed by atoms with Gasteiger partial charge in [0, 0.05) is 17.2 Å². The molecule has 1 aliphatic carbocycles. The minimum absolute atomic E-state index is 0.0524. The first-order valence-corrected chi connectivity index (χ1v) is 12.8. The Morgan fingerprint density at radius 2 is 1.91 bits per heavy atom. The lowest BCUT2D eigenvalue weighted by Gasteiger charge is -2.25. The number of benzene rings is 2. The number of aromatic hydroxyl groups is 1. The zero-order chi connectivity index (χ0) is 24.8. The molecule has 0 bridgehead atoms. The first-order valence-electron chi connectivity index (χ1n) is 11.8. The number of amides is 1. The van der Waals surface area contributed by atoms with Crippen LogP contribution in [0.1, 0.15) is 56.2 Å². The normalized spacial score (nSPS) is 14.7. The highest BCUT2D eigenvalue weighted by Crippen LogP contribution is 2.35. The van der Waals surface area contributed by atoms with E-state index in [1.165, 1.54) is 49.8 Å². The molecule has 1 heterocycles. The number of phenols is 1. The van der Waals surface area contributed by atoms with Crippen LogP contribution in [0.2, 0.25) is 0 Å². The van der Waals surface area contributed by atoms with Crippen molar-refractivity contribution in [2.24, 2.45) is 5.10 Å². The van der Waals surface area contributed by atoms with Gasteiger partial charge in [-0.15, -0.1) is 10.2 Å². The number of aromatic nitrogens is 3. The molecule has 0 saturated heterocycles. The molecule has 2 aromatic carbocycles. The predicted octanol–water partition coefficient (Wildman–Crippen LogP) is 5.11. The zero-order valence-electron chi connectivity index (χ0n) is 20.3. The van der Waals surface area contributed by atoms with Crippen LogP contribution in [0.3, 0.4) is 0 Å². The van der Waals surface area contributed by atoms with Crippen molar-refractivity contribution >= 4 is 23.4 Å². The van der Waals surface area contributed by atoms with Crippen LogP contribution in [0.25, 0.3) is 11.4 Å². The van der Waals surface area contributed by atoms with Crippen molar-refractivity contribution in [2.45, 2.75) is 57.1 Å². The summed E-state index contributed by atoms with van der Waals surface area (Å²) in [6.45, 7) is 3.85. The molecule has 35 heavy (non-hydrogen) atoms. The van der Waals surface area contributed by atoms with Crippen LogP contribution < -0.4 is 10.2 Å². The number of rotatable bonds is 8. The number of hydrazone groups is 1. The molecule has 1 aromatic heterocycles. The van der Waals surface area contributed by atoms with Crippen LogP contribution in [-0.4, -0.2) is 44.4 Å². The number of ether oxygens (including phenoxy) is 1. The maximum atomic E-state index is 12.6. The Labute approximate surface area is 209 Å². The summed E-state index contributed by atoms with van der Waals surface area (Å²) in [7, 11) is 1.49. The molecule has 1 aliphatic rings. The highest BCUT2D eigenvalue weighted by molar-refractivity contribution is 7.99. The summed E-state index contributed by atoms with van der Waals surface area (Å²) in [5.41, 5.74) is 6.20. The van der Waals surface area contributed by atoms with Crippen molar-refractivity contribution in [2.75, 3.05) is 12.9 Å². The second kappa shape index (κ2) is 11.4. The van der Waals surface area contributed by atoms with E-state index in [0.717, 1.165) is 34.9 Å². The molecule has 1 amide bonds. The van der Waals surface area contributed by atoms with E-state index in [2.05, 4.69) is 56.5 Å². The summed E-state index contributed by atoms with van der Waals surface area (Å²) in [5.74, 6) is 1.21. The molecule has 0 atom stereocenters. The van der Waals surface area contributed by atoms with E-state index in [1.54, 1.807) is 19.1 Å². The number of carbonyl (C=O) groups is 1. The van der Waals surface area contributed by atoms with Crippen molar-refractivity contribution < 1.29 is 14.6 Å². The molecule has 3 aromatic rings. The van der Waals surface area contributed by atoms with Gasteiger partial charge in [-0.1, -0.05) is 60.9 Å². The summed E-state index contributed by atoms with van der Waals surface area (Å²) in [5, 5.41) is 23.7. The number of hydrogen-bond acceptors (Lipinski definition) is 7. The first-order chi connectivity index (χ1) is 17.0. The van der Waals surface area contributed by atoms with Crippen molar-refractivity contribution in [3.63, 3.8) is 0 Å². The van der Waals surface area contributed by atoms with E-state index in [9.17, 15) is 9.90 Å². The van der Waals surface area contributed by atoms with E-state index in [1.807, 2.05) is 0 Å². The molecule has 0 radical (unpaired) electrons. The monoisotopic (exact) mass is 493 g/mol. The van der Waals surface area contributed by atoms with Gasteiger partial charge in [0.15, 0.2) is 22.5 Å². The SMILES string of the molecule is COc1cc(/C(C)=N\NC(=O)CSc2nnc(-c3ccc(C)cc3)n2C2CCCCC2)ccc1O. The fourth-order valence-corrected chi connectivity index (χ4v) is 5.02. The number of thioether (sulfide) groups is 1. The smallest absolute Gasteiger partial charge is 0.250 e. The first kappa shape index (κ1) is 24.8. The Balaban J connectivity index is 1.46. The van der Waals surface area contributed by atoms with Crippen LogP contribution in [0.4, 0.5) is 0 Å². The van der Waals surface area contributed by atoms with E-state index >= 15 is 0 Å². The highest BCUT2D eigenvalue weighted by atomic mass is 32.2. The van der Waals surface area contributed by atoms with Crippen LogP contribution in [0.5, 0.6) is 11.5 Å². The summed E-state index contributed by atoms with van der Waals surface area (Å²) in [4.78, 5) is 12.6. The lowest BCUT2D eigenvalue weighted by atomic mass is 9.95. The molecule has 1 saturated carbocycles. The summed E-state index contributed by atoms with van der Waals surface area (Å²) in [6.07, 6.45) is 5.83. The third kappa shape index (κ3) is 6.03. The molecule has 4 rings (SSSR count). The van der Waals surface area contributed by atoms with Gasteiger partial charge >= 0.3 is 0 Å². The number of hydrogen-bond donors (Lipinski definition) is 2. The second-order valence-electron chi connectivity index (χ2n) is 8.74. The summed E-state index contributed by atoms with van der Waals surface area (Å²) in [6, 6.07) is 13.6. The van der Waals surface area contributed by atoms with Crippen molar-refractivity contribution in [3.05, 3.63) is 53.6 Å². The maximum absolute atomic E-state index is 12.6. The van der Waals surface area contributed by atoms with E-state index in [4.69, 9.17) is 4.74 Å². The molecule has 184 valence electrons. The molecule has 1 fully saturated rings. The van der Waals surface area contributed by atoms with Crippen molar-refractivity contribution in [3.8, 4) is 22.9 Å². The van der Waals surface area contributed by atoms with E-state index in [0.29, 0.717) is 17.5 Å². The Kier molecular flexibility index (Phi) is 8.07. The molecular formula is C26H31N5O3S. The lowest BCUT2D eigenvalue weighted by Crippen LogP contribution is -2.22. The van der Waals surface area contributed by atoms with Crippen LogP contribution in [-0.2, 0) is 4.79 Å². The van der Waals surface area contributed by atoms with Gasteiger partial charge in [0.05, 0.1) is 18.6 Å². The van der Waals surface area contributed by atoms with Crippen LogP contribution >= 0.6 is 11.8 Å². The second-order valence-corrected chi connectivity index (χ2v) is 9.68. The summed E-state index contributed by atoms with van der Waals surface area (Å²) < 4.78 is 7.36. The number of nitrogens with one attached hydrogen (secondary N) is 1. The van der Waals surface area contributed by atoms with Crippen LogP contribution in [0, 0.1) is 6.92 Å². The average Bonchev–Trinajstić information content (AvgIpc) is 3.31. The molecule has 9 heteroatoms. The zero-order valence-corrected chi connectivity index (χ0v) is 21.1. The molecular weight excluding hydrogens is 462 g/mol. The number of nitrogens with zero attached hydrogens (tertiary/aromatic N) is 4. The molecule has 2 N–H and O–H groups in total. The minimum Gasteiger partial charge on any atom is -0.504 e. The molecule has 0 spiro atoms. The molecule has 0 unspecified atom stereocenters. The van der Waals surface area contributed by atoms with Crippen LogP contribution in [0.15, 0.2) is 52.7 Å². The van der Waals surface area contributed by atoms with Crippen molar-refractivity contribution in [1.29, 1.82) is 0 Å². The third-order valence-corrected chi connectivity index (χ3v) is 7.14. The maximum Gasteiger partial charge on any atom is 0.250 e. The number of methoxy groups -OCH3 is 1. The Morgan fingerprint density at radius 1 is 1.17 bits per heavy atom. The van der Waals surface area contributed by atoms with E-state index < -0.39 is 0 Å². The van der Waals surface area contributed by atoms with Gasteiger partial charge in [0.25, 0.3) is 5.91 Å². The van der Waals surface area contributed by atoms with Crippen molar-refractivity contribution in [1.82, 2.24) is 20.2 Å². The Bertz CT molecular complexity index is 1200. The van der Waals surface area contributed by atoms with Gasteiger partial charge in [0.2, 0.25) is 0 Å². The van der Waals surface area contributed by atoms with Gasteiger partial charge < -0.3 is 9.84 Å². The van der Waals surface area contributed by atoms with E-state index in [-0.39, 0.29) is 17.4 Å². The summed E-state index contributed by atoms with van der Waals surface area (Å²) >= 11 is 1.38. The number of aryl methyl sites for hydroxylation is 1. The predicted molar refractivity (Wildman–Crippen MR) is 138 cm³/mol. The minimum atomic E-state index is -0.227. The lowest BCUT2D eigenvalue weighted by molar-refractivity contribution is -0.118. The Morgan fingerprint density at radius 3 is 2.63 bits per heavy atom. The fraction of sp³-hybridized carbons (Fsp3) is 0.385. The number of carbonyl (C=O) groups excluding carboxylic acids is 1. The van der Waals surface area contributed by atoms with Gasteiger partial charge in [0.1, 0.15) is 0 Å². The quantitative estimate of drug-likeness (QED) is 0.257.